The number of aryl methyl sites for hydroxylation is 1. The van der Waals surface area contributed by atoms with Gasteiger partial charge in [0.2, 0.25) is 0 Å². The highest BCUT2D eigenvalue weighted by molar-refractivity contribution is 7.71. The number of phenolic OH excluding ortho intramolecular Hbond substituents is 2. The average molecular weight is 363 g/mol. The van der Waals surface area contributed by atoms with Gasteiger partial charge in [-0.05, 0) is 41.7 Å². The molecule has 0 aliphatic carbocycles. The lowest BCUT2D eigenvalue weighted by Crippen LogP contribution is -1.99. The molecule has 0 unspecified atom stereocenters. The highest BCUT2D eigenvalue weighted by Gasteiger charge is 2.18. The number of nitrogens with zero attached hydrogens (tertiary/aromatic N) is 2. The summed E-state index contributed by atoms with van der Waals surface area (Å²) in [5.41, 5.74) is 2.12. The van der Waals surface area contributed by atoms with E-state index in [2.05, 4.69) is 10.2 Å². The Labute approximate surface area is 155 Å². The van der Waals surface area contributed by atoms with E-state index in [0.29, 0.717) is 22.6 Å². The average Bonchev–Trinajstić information content (AvgIpc) is 3.02. The van der Waals surface area contributed by atoms with Crippen molar-refractivity contribution in [1.82, 2.24) is 14.8 Å². The van der Waals surface area contributed by atoms with E-state index in [1.54, 1.807) is 6.07 Å². The van der Waals surface area contributed by atoms with Crippen LogP contribution in [0.2, 0.25) is 0 Å². The highest BCUT2D eigenvalue weighted by atomic mass is 32.1. The molecule has 3 aromatic carbocycles. The Kier molecular flexibility index (Phi) is 3.97. The lowest BCUT2D eigenvalue weighted by Gasteiger charge is -2.12. The molecule has 26 heavy (non-hydrogen) atoms. The summed E-state index contributed by atoms with van der Waals surface area (Å²) in [6.07, 6.45) is 0.637. The van der Waals surface area contributed by atoms with Gasteiger partial charge in [0.05, 0.1) is 11.3 Å². The van der Waals surface area contributed by atoms with Gasteiger partial charge >= 0.3 is 0 Å². The molecule has 0 fully saturated rings. The van der Waals surface area contributed by atoms with E-state index in [-0.39, 0.29) is 11.5 Å². The van der Waals surface area contributed by atoms with Crippen molar-refractivity contribution in [3.8, 4) is 28.6 Å². The molecular formula is C20H17N3O2S. The molecule has 0 radical (unpaired) electrons. The van der Waals surface area contributed by atoms with Crippen LogP contribution >= 0.6 is 12.2 Å². The second-order valence-corrected chi connectivity index (χ2v) is 6.42. The van der Waals surface area contributed by atoms with Crippen LogP contribution < -0.4 is 0 Å². The largest absolute Gasteiger partial charge is 0.508 e. The lowest BCUT2D eigenvalue weighted by atomic mass is 10.0. The maximum absolute atomic E-state index is 10.4. The standard InChI is InChI=1S/C20H17N3O2S/c1-2-12-10-15(18(25)11-17(12)24)19-21-22-20(26)23(19)16-9-5-7-13-6-3-4-8-14(13)16/h3-11,24-25H,2H2,1H3,(H,22,26). The van der Waals surface area contributed by atoms with Gasteiger partial charge in [0.1, 0.15) is 11.5 Å². The predicted octanol–water partition coefficient (Wildman–Crippen LogP) is 4.72. The van der Waals surface area contributed by atoms with Crippen LogP contribution in [0.5, 0.6) is 11.5 Å². The molecule has 0 aliphatic heterocycles. The normalized spacial score (nSPS) is 11.1. The van der Waals surface area contributed by atoms with Crippen molar-refractivity contribution in [2.75, 3.05) is 0 Å². The van der Waals surface area contributed by atoms with Crippen LogP contribution in [0.4, 0.5) is 0 Å². The Morgan fingerprint density at radius 3 is 2.62 bits per heavy atom. The maximum Gasteiger partial charge on any atom is 0.200 e. The van der Waals surface area contributed by atoms with Crippen LogP contribution in [0.15, 0.2) is 54.6 Å². The van der Waals surface area contributed by atoms with Crippen molar-refractivity contribution in [3.05, 3.63) is 64.9 Å². The third-order valence-electron chi connectivity index (χ3n) is 4.50. The molecular weight excluding hydrogens is 346 g/mol. The number of phenols is 2. The number of rotatable bonds is 3. The van der Waals surface area contributed by atoms with Crippen molar-refractivity contribution < 1.29 is 10.2 Å². The molecule has 4 aromatic rings. The molecule has 0 spiro atoms. The van der Waals surface area contributed by atoms with Gasteiger partial charge in [0.25, 0.3) is 0 Å². The minimum absolute atomic E-state index is 0.0461. The Morgan fingerprint density at radius 1 is 1.04 bits per heavy atom. The maximum atomic E-state index is 10.4. The number of aromatic hydroxyl groups is 2. The summed E-state index contributed by atoms with van der Waals surface area (Å²) in [6.45, 7) is 1.94. The van der Waals surface area contributed by atoms with E-state index < -0.39 is 0 Å². The van der Waals surface area contributed by atoms with Crippen molar-refractivity contribution in [1.29, 1.82) is 0 Å². The van der Waals surface area contributed by atoms with E-state index in [1.807, 2.05) is 54.0 Å². The molecule has 0 saturated carbocycles. The van der Waals surface area contributed by atoms with Crippen molar-refractivity contribution in [3.63, 3.8) is 0 Å². The monoisotopic (exact) mass is 363 g/mol. The van der Waals surface area contributed by atoms with Crippen molar-refractivity contribution >= 4 is 23.0 Å². The number of nitrogens with one attached hydrogen (secondary N) is 1. The summed E-state index contributed by atoms with van der Waals surface area (Å²) >= 11 is 5.46. The summed E-state index contributed by atoms with van der Waals surface area (Å²) < 4.78 is 2.24. The quantitative estimate of drug-likeness (QED) is 0.460. The molecule has 130 valence electrons. The zero-order valence-corrected chi connectivity index (χ0v) is 14.9. The van der Waals surface area contributed by atoms with E-state index in [9.17, 15) is 10.2 Å². The Balaban J connectivity index is 2.02. The molecule has 1 aromatic heterocycles. The number of aromatic amines is 1. The third-order valence-corrected chi connectivity index (χ3v) is 4.77. The molecule has 4 rings (SSSR count). The Bertz CT molecular complexity index is 1170. The van der Waals surface area contributed by atoms with Gasteiger partial charge in [0, 0.05) is 11.5 Å². The van der Waals surface area contributed by atoms with Crippen LogP contribution in [-0.4, -0.2) is 25.0 Å². The second kappa shape index (κ2) is 6.31. The highest BCUT2D eigenvalue weighted by Crippen LogP contribution is 2.36. The number of aromatic nitrogens is 3. The molecule has 0 aliphatic rings. The molecule has 6 heteroatoms. The SMILES string of the molecule is CCc1cc(-c2n[nH]c(=S)n2-c2cccc3ccccc23)c(O)cc1O. The summed E-state index contributed by atoms with van der Waals surface area (Å²) in [5.74, 6) is 0.522. The smallest absolute Gasteiger partial charge is 0.200 e. The lowest BCUT2D eigenvalue weighted by molar-refractivity contribution is 0.447. The number of fused-ring (bicyclic) bond motifs is 1. The topological polar surface area (TPSA) is 74.1 Å². The zero-order chi connectivity index (χ0) is 18.3. The second-order valence-electron chi connectivity index (χ2n) is 6.04. The summed E-state index contributed by atoms with van der Waals surface area (Å²) in [7, 11) is 0. The van der Waals surface area contributed by atoms with E-state index in [0.717, 1.165) is 22.0 Å². The molecule has 0 saturated heterocycles. The first-order valence-corrected chi connectivity index (χ1v) is 8.71. The summed E-state index contributed by atoms with van der Waals surface area (Å²) in [5, 5.41) is 29.7. The van der Waals surface area contributed by atoms with Crippen LogP contribution in [0.25, 0.3) is 27.8 Å². The van der Waals surface area contributed by atoms with Crippen LogP contribution in [-0.2, 0) is 6.42 Å². The molecule has 5 nitrogen and oxygen atoms in total. The first-order chi connectivity index (χ1) is 12.6. The number of hydrogen-bond donors (Lipinski definition) is 3. The van der Waals surface area contributed by atoms with Gasteiger partial charge in [-0.25, -0.2) is 0 Å². The van der Waals surface area contributed by atoms with Crippen LogP contribution in [0.1, 0.15) is 12.5 Å². The molecule has 3 N–H and O–H groups in total. The minimum atomic E-state index is -0.0461. The fraction of sp³-hybridized carbons (Fsp3) is 0.100. The Hall–Kier alpha value is -3.12. The van der Waals surface area contributed by atoms with Gasteiger partial charge in [-0.2, -0.15) is 5.10 Å². The fourth-order valence-electron chi connectivity index (χ4n) is 3.19. The van der Waals surface area contributed by atoms with Crippen molar-refractivity contribution in [2.24, 2.45) is 0 Å². The van der Waals surface area contributed by atoms with Crippen LogP contribution in [0.3, 0.4) is 0 Å². The zero-order valence-electron chi connectivity index (χ0n) is 14.1. The van der Waals surface area contributed by atoms with Gasteiger partial charge in [0.15, 0.2) is 10.6 Å². The van der Waals surface area contributed by atoms with E-state index in [4.69, 9.17) is 12.2 Å². The number of hydrogen-bond acceptors (Lipinski definition) is 4. The molecule has 0 bridgehead atoms. The fourth-order valence-corrected chi connectivity index (χ4v) is 3.42. The minimum Gasteiger partial charge on any atom is -0.508 e. The van der Waals surface area contributed by atoms with Gasteiger partial charge in [-0.3, -0.25) is 9.67 Å². The molecule has 1 heterocycles. The third kappa shape index (κ3) is 2.55. The predicted molar refractivity (Wildman–Crippen MR) is 104 cm³/mol. The first-order valence-electron chi connectivity index (χ1n) is 8.31. The Morgan fingerprint density at radius 2 is 1.81 bits per heavy atom. The number of H-pyrrole nitrogens is 1. The van der Waals surface area contributed by atoms with Crippen LogP contribution in [0, 0.1) is 4.77 Å². The molecule has 0 amide bonds. The van der Waals surface area contributed by atoms with Crippen molar-refractivity contribution in [2.45, 2.75) is 13.3 Å². The van der Waals surface area contributed by atoms with E-state index in [1.165, 1.54) is 6.07 Å². The summed E-state index contributed by atoms with van der Waals surface area (Å²) in [4.78, 5) is 0. The number of benzene rings is 3. The first kappa shape index (κ1) is 16.4. The van der Waals surface area contributed by atoms with Gasteiger partial charge in [-0.1, -0.05) is 43.3 Å². The summed E-state index contributed by atoms with van der Waals surface area (Å²) in [6, 6.07) is 17.1. The van der Waals surface area contributed by atoms with Gasteiger partial charge < -0.3 is 10.2 Å². The van der Waals surface area contributed by atoms with E-state index >= 15 is 0 Å². The molecule has 0 atom stereocenters. The van der Waals surface area contributed by atoms with Gasteiger partial charge in [-0.15, -0.1) is 0 Å².